The van der Waals surface area contributed by atoms with Crippen molar-refractivity contribution in [2.75, 3.05) is 11.9 Å². The lowest BCUT2D eigenvalue weighted by Crippen LogP contribution is -2.18. The quantitative estimate of drug-likeness (QED) is 0.787. The molecule has 0 radical (unpaired) electrons. The van der Waals surface area contributed by atoms with Crippen LogP contribution in [0.3, 0.4) is 0 Å². The molecule has 21 heavy (non-hydrogen) atoms. The molecule has 0 aliphatic heterocycles. The fourth-order valence-electron chi connectivity index (χ4n) is 1.73. The lowest BCUT2D eigenvalue weighted by Gasteiger charge is -2.00. The molecule has 2 aromatic rings. The van der Waals surface area contributed by atoms with Gasteiger partial charge in [0, 0.05) is 18.9 Å². The summed E-state index contributed by atoms with van der Waals surface area (Å²) in [7, 11) is 0. The van der Waals surface area contributed by atoms with E-state index in [-0.39, 0.29) is 25.0 Å². The van der Waals surface area contributed by atoms with Crippen molar-refractivity contribution in [1.29, 1.82) is 0 Å². The second kappa shape index (κ2) is 6.98. The highest BCUT2D eigenvalue weighted by molar-refractivity contribution is 5.89. The summed E-state index contributed by atoms with van der Waals surface area (Å²) in [5, 5.41) is 23.0. The smallest absolute Gasteiger partial charge is 0.248 e. The molecule has 0 atom stereocenters. The average molecular weight is 293 g/mol. The SMILES string of the molecule is CC(C)c1cc(NC(=O)Cn2cc(CCCO)nn2)on1. The Balaban J connectivity index is 1.87. The van der Waals surface area contributed by atoms with Crippen LogP contribution < -0.4 is 5.32 Å². The summed E-state index contributed by atoms with van der Waals surface area (Å²) in [6.07, 6.45) is 2.95. The number of aliphatic hydroxyl groups is 1. The van der Waals surface area contributed by atoms with E-state index in [9.17, 15) is 4.79 Å². The Kier molecular flexibility index (Phi) is 5.04. The fourth-order valence-corrected chi connectivity index (χ4v) is 1.73. The molecule has 8 nitrogen and oxygen atoms in total. The Labute approximate surface area is 122 Å². The van der Waals surface area contributed by atoms with Gasteiger partial charge in [-0.05, 0) is 18.8 Å². The first kappa shape index (κ1) is 15.2. The van der Waals surface area contributed by atoms with Crippen molar-refractivity contribution in [3.63, 3.8) is 0 Å². The Morgan fingerprint density at radius 3 is 3.00 bits per heavy atom. The molecule has 0 aliphatic carbocycles. The number of anilines is 1. The van der Waals surface area contributed by atoms with Gasteiger partial charge in [0.1, 0.15) is 6.54 Å². The number of hydrogen-bond acceptors (Lipinski definition) is 6. The maximum Gasteiger partial charge on any atom is 0.248 e. The van der Waals surface area contributed by atoms with Crippen LogP contribution in [0.4, 0.5) is 5.88 Å². The first-order chi connectivity index (χ1) is 10.1. The van der Waals surface area contributed by atoms with Crippen LogP contribution in [-0.4, -0.2) is 37.8 Å². The molecule has 0 fully saturated rings. The van der Waals surface area contributed by atoms with Crippen molar-refractivity contribution in [3.05, 3.63) is 23.7 Å². The molecule has 0 unspecified atom stereocenters. The highest BCUT2D eigenvalue weighted by atomic mass is 16.5. The molecule has 0 aliphatic rings. The van der Waals surface area contributed by atoms with Crippen LogP contribution >= 0.6 is 0 Å². The monoisotopic (exact) mass is 293 g/mol. The summed E-state index contributed by atoms with van der Waals surface area (Å²) >= 11 is 0. The van der Waals surface area contributed by atoms with E-state index in [1.54, 1.807) is 12.3 Å². The maximum absolute atomic E-state index is 11.9. The van der Waals surface area contributed by atoms with Gasteiger partial charge in [-0.1, -0.05) is 24.2 Å². The number of nitrogens with zero attached hydrogens (tertiary/aromatic N) is 4. The van der Waals surface area contributed by atoms with Gasteiger partial charge < -0.3 is 9.63 Å². The van der Waals surface area contributed by atoms with E-state index in [0.29, 0.717) is 18.7 Å². The van der Waals surface area contributed by atoms with Gasteiger partial charge in [0.15, 0.2) is 0 Å². The number of carbonyl (C=O) groups excluding carboxylic acids is 1. The van der Waals surface area contributed by atoms with Crippen LogP contribution in [-0.2, 0) is 17.8 Å². The lowest BCUT2D eigenvalue weighted by atomic mass is 10.1. The minimum Gasteiger partial charge on any atom is -0.396 e. The molecule has 2 rings (SSSR count). The number of rotatable bonds is 7. The Bertz CT molecular complexity index is 590. The molecule has 2 aromatic heterocycles. The van der Waals surface area contributed by atoms with E-state index in [1.807, 2.05) is 13.8 Å². The molecule has 0 aromatic carbocycles. The van der Waals surface area contributed by atoms with Gasteiger partial charge in [-0.3, -0.25) is 10.1 Å². The van der Waals surface area contributed by atoms with Gasteiger partial charge in [-0.15, -0.1) is 5.10 Å². The zero-order valence-electron chi connectivity index (χ0n) is 12.1. The largest absolute Gasteiger partial charge is 0.396 e. The van der Waals surface area contributed by atoms with Crippen molar-refractivity contribution < 1.29 is 14.4 Å². The summed E-state index contributed by atoms with van der Waals surface area (Å²) in [5.41, 5.74) is 1.54. The average Bonchev–Trinajstić information content (AvgIpc) is 3.06. The molecule has 0 bridgehead atoms. The second-order valence-electron chi connectivity index (χ2n) is 5.05. The third kappa shape index (κ3) is 4.38. The van der Waals surface area contributed by atoms with Crippen LogP contribution in [0.25, 0.3) is 0 Å². The Hall–Kier alpha value is -2.22. The molecule has 114 valence electrons. The molecule has 2 heterocycles. The number of aryl methyl sites for hydroxylation is 1. The minimum atomic E-state index is -0.264. The maximum atomic E-state index is 11.9. The molecular formula is C13H19N5O3. The van der Waals surface area contributed by atoms with E-state index >= 15 is 0 Å². The number of aromatic nitrogens is 4. The molecule has 1 amide bonds. The lowest BCUT2D eigenvalue weighted by molar-refractivity contribution is -0.117. The van der Waals surface area contributed by atoms with Gasteiger partial charge in [-0.2, -0.15) is 0 Å². The molecule has 2 N–H and O–H groups in total. The summed E-state index contributed by atoms with van der Waals surface area (Å²) in [5.74, 6) is 0.299. The predicted octanol–water partition coefficient (Wildman–Crippen LogP) is 0.953. The zero-order valence-corrected chi connectivity index (χ0v) is 12.1. The van der Waals surface area contributed by atoms with E-state index in [2.05, 4.69) is 20.8 Å². The van der Waals surface area contributed by atoms with E-state index in [4.69, 9.17) is 9.63 Å². The number of nitrogens with one attached hydrogen (secondary N) is 1. The fraction of sp³-hybridized carbons (Fsp3) is 0.538. The van der Waals surface area contributed by atoms with Gasteiger partial charge in [-0.25, -0.2) is 4.68 Å². The van der Waals surface area contributed by atoms with E-state index in [0.717, 1.165) is 11.4 Å². The highest BCUT2D eigenvalue weighted by Gasteiger charge is 2.11. The van der Waals surface area contributed by atoms with Crippen LogP contribution in [0, 0.1) is 0 Å². The van der Waals surface area contributed by atoms with Gasteiger partial charge in [0.05, 0.1) is 11.4 Å². The second-order valence-corrected chi connectivity index (χ2v) is 5.05. The van der Waals surface area contributed by atoms with Crippen LogP contribution in [0.2, 0.25) is 0 Å². The van der Waals surface area contributed by atoms with Gasteiger partial charge in [0.2, 0.25) is 11.8 Å². The number of hydrogen-bond donors (Lipinski definition) is 2. The molecule has 8 heteroatoms. The third-order valence-electron chi connectivity index (χ3n) is 2.87. The van der Waals surface area contributed by atoms with Crippen LogP contribution in [0.1, 0.15) is 37.6 Å². The van der Waals surface area contributed by atoms with E-state index in [1.165, 1.54) is 4.68 Å². The zero-order chi connectivity index (χ0) is 15.2. The standard InChI is InChI=1S/C13H19N5O3/c1-9(2)11-6-13(21-16-11)14-12(20)8-18-7-10(15-17-18)4-3-5-19/h6-7,9,19H,3-5,8H2,1-2H3,(H,14,20). The van der Waals surface area contributed by atoms with Crippen molar-refractivity contribution in [2.45, 2.75) is 39.2 Å². The van der Waals surface area contributed by atoms with E-state index < -0.39 is 0 Å². The Morgan fingerprint density at radius 2 is 2.33 bits per heavy atom. The summed E-state index contributed by atoms with van der Waals surface area (Å²) in [4.78, 5) is 11.9. The van der Waals surface area contributed by atoms with Crippen molar-refractivity contribution >= 4 is 11.8 Å². The number of aliphatic hydroxyl groups excluding tert-OH is 1. The molecule has 0 saturated heterocycles. The molecule has 0 saturated carbocycles. The van der Waals surface area contributed by atoms with Crippen LogP contribution in [0.5, 0.6) is 0 Å². The summed E-state index contributed by atoms with van der Waals surface area (Å²) in [6.45, 7) is 4.14. The van der Waals surface area contributed by atoms with Gasteiger partial charge in [0.25, 0.3) is 0 Å². The minimum absolute atomic E-state index is 0.0455. The molecule has 0 spiro atoms. The third-order valence-corrected chi connectivity index (χ3v) is 2.87. The normalized spacial score (nSPS) is 11.0. The predicted molar refractivity (Wildman–Crippen MR) is 74.7 cm³/mol. The molecular weight excluding hydrogens is 274 g/mol. The summed E-state index contributed by atoms with van der Waals surface area (Å²) < 4.78 is 6.48. The van der Waals surface area contributed by atoms with Crippen molar-refractivity contribution in [2.24, 2.45) is 0 Å². The highest BCUT2D eigenvalue weighted by Crippen LogP contribution is 2.17. The first-order valence-electron chi connectivity index (χ1n) is 6.85. The van der Waals surface area contributed by atoms with Crippen molar-refractivity contribution in [1.82, 2.24) is 20.2 Å². The summed E-state index contributed by atoms with van der Waals surface area (Å²) in [6, 6.07) is 1.70. The first-order valence-corrected chi connectivity index (χ1v) is 6.85. The number of carbonyl (C=O) groups is 1. The number of amides is 1. The van der Waals surface area contributed by atoms with Gasteiger partial charge >= 0.3 is 0 Å². The Morgan fingerprint density at radius 1 is 1.52 bits per heavy atom. The van der Waals surface area contributed by atoms with Crippen molar-refractivity contribution in [3.8, 4) is 0 Å². The topological polar surface area (TPSA) is 106 Å². The van der Waals surface area contributed by atoms with Crippen LogP contribution in [0.15, 0.2) is 16.8 Å².